The predicted molar refractivity (Wildman–Crippen MR) is 460 cm³/mol. The van der Waals surface area contributed by atoms with E-state index in [2.05, 4.69) is 56.5 Å². The molecule has 30 nitrogen and oxygen atoms in total. The van der Waals surface area contributed by atoms with Crippen LogP contribution in [-0.4, -0.2) is 123 Å². The van der Waals surface area contributed by atoms with Crippen molar-refractivity contribution in [1.29, 1.82) is 0 Å². The van der Waals surface area contributed by atoms with Crippen LogP contribution < -0.4 is 56.8 Å². The van der Waals surface area contributed by atoms with Gasteiger partial charge in [-0.05, 0) is 172 Å². The van der Waals surface area contributed by atoms with Crippen LogP contribution in [0.3, 0.4) is 0 Å². The lowest BCUT2D eigenvalue weighted by atomic mass is 10.1. The average molecular weight is 1720 g/mol. The quantitative estimate of drug-likeness (QED) is 0.0110. The summed E-state index contributed by atoms with van der Waals surface area (Å²) in [4.78, 5) is 87.4. The Hall–Kier alpha value is -13.5. The maximum Gasteiger partial charge on any atom is 0.311 e. The Kier molecular flexibility index (Phi) is 37.9. The normalized spacial score (nSPS) is 10.3. The highest BCUT2D eigenvalue weighted by Gasteiger charge is 2.23. The highest BCUT2D eigenvalue weighted by Crippen LogP contribution is 2.32. The molecule has 6 heterocycles. The Bertz CT molecular complexity index is 5110. The molecule has 0 aliphatic heterocycles. The molecule has 0 bridgehead atoms. The molecule has 0 aliphatic carbocycles. The third kappa shape index (κ3) is 30.5. The number of pyridine rings is 6. The van der Waals surface area contributed by atoms with Gasteiger partial charge in [-0.3, -0.25) is 45.3 Å². The van der Waals surface area contributed by atoms with Crippen molar-refractivity contribution in [2.24, 2.45) is 0 Å². The van der Waals surface area contributed by atoms with E-state index in [0.717, 1.165) is 52.6 Å². The first-order valence-corrected chi connectivity index (χ1v) is 37.9. The molecule has 634 valence electrons. The molecule has 11 aromatic rings. The van der Waals surface area contributed by atoms with Gasteiger partial charge in [-0.25, -0.2) is 56.2 Å². The number of nitrogen functional groups attached to an aromatic ring is 1. The number of rotatable bonds is 29. The van der Waals surface area contributed by atoms with Crippen LogP contribution in [0.2, 0.25) is 15.5 Å². The van der Waals surface area contributed by atoms with Crippen LogP contribution in [0.4, 0.5) is 113 Å². The molecule has 120 heavy (non-hydrogen) atoms. The highest BCUT2D eigenvalue weighted by atomic mass is 35.5. The minimum absolute atomic E-state index is 0.0289. The van der Waals surface area contributed by atoms with Gasteiger partial charge in [-0.15, -0.1) is 0 Å². The van der Waals surface area contributed by atoms with E-state index < -0.39 is 31.3 Å². The Labute approximate surface area is 703 Å². The van der Waals surface area contributed by atoms with Crippen molar-refractivity contribution in [1.82, 2.24) is 29.9 Å². The van der Waals surface area contributed by atoms with Crippen molar-refractivity contribution in [2.75, 3.05) is 125 Å². The lowest BCUT2D eigenvalue weighted by Crippen LogP contribution is -2.22. The van der Waals surface area contributed by atoms with Gasteiger partial charge in [0.25, 0.3) is 0 Å². The predicted octanol–water partition coefficient (Wildman–Crippen LogP) is 18.4. The molecule has 0 spiro atoms. The summed E-state index contributed by atoms with van der Waals surface area (Å²) in [5.41, 5.74) is 10.8. The maximum atomic E-state index is 13.4. The third-order valence-corrected chi connectivity index (χ3v) is 17.9. The molecule has 0 unspecified atom stereocenters. The van der Waals surface area contributed by atoms with Gasteiger partial charge in [0.1, 0.15) is 56.8 Å². The summed E-state index contributed by atoms with van der Waals surface area (Å²) in [5.74, 6) is 1.24. The number of amides is 1. The van der Waals surface area contributed by atoms with Gasteiger partial charge in [-0.2, -0.15) is 0 Å². The molecule has 0 saturated carbocycles. The second-order valence-corrected chi connectivity index (χ2v) is 26.8. The van der Waals surface area contributed by atoms with Gasteiger partial charge in [0, 0.05) is 118 Å². The van der Waals surface area contributed by atoms with E-state index >= 15 is 0 Å². The molecule has 5 aromatic carbocycles. The number of nitrogens with zero attached hydrogens (tertiary/aromatic N) is 15. The van der Waals surface area contributed by atoms with E-state index in [1.807, 2.05) is 70.6 Å². The van der Waals surface area contributed by atoms with Crippen molar-refractivity contribution in [3.05, 3.63) is 307 Å². The zero-order valence-electron chi connectivity index (χ0n) is 66.8. The number of benzene rings is 5. The van der Waals surface area contributed by atoms with Gasteiger partial charge in [0.15, 0.2) is 23.3 Å². The van der Waals surface area contributed by atoms with Crippen LogP contribution in [0.15, 0.2) is 188 Å². The van der Waals surface area contributed by atoms with Crippen LogP contribution in [0.25, 0.3) is 0 Å². The first-order chi connectivity index (χ1) is 57.1. The van der Waals surface area contributed by atoms with Crippen molar-refractivity contribution < 1.29 is 50.8 Å². The number of aromatic nitrogens is 6. The molecule has 7 N–H and O–H groups in total. The number of hydrogen-bond donors (Lipinski definition) is 6. The van der Waals surface area contributed by atoms with E-state index in [0.29, 0.717) is 110 Å². The first-order valence-electron chi connectivity index (χ1n) is 36.7. The fraction of sp³-hybridized carbons (Fsp3) is 0.247. The molecule has 6 aromatic heterocycles. The van der Waals surface area contributed by atoms with E-state index in [9.17, 15) is 71.6 Å². The Balaban J connectivity index is 0.000000229. The minimum Gasteiger partial charge on any atom is -0.396 e. The lowest BCUT2D eigenvalue weighted by Gasteiger charge is -2.21. The largest absolute Gasteiger partial charge is 0.396 e. The van der Waals surface area contributed by atoms with Crippen molar-refractivity contribution >= 4 is 127 Å². The Morgan fingerprint density at radius 2 is 0.650 bits per heavy atom. The summed E-state index contributed by atoms with van der Waals surface area (Å²) in [5, 5.41) is 58.5. The second-order valence-electron chi connectivity index (χ2n) is 25.7. The van der Waals surface area contributed by atoms with Gasteiger partial charge in [0.2, 0.25) is 28.5 Å². The average Bonchev–Trinajstić information content (AvgIpc) is 0.835. The molecule has 0 saturated heterocycles. The van der Waals surface area contributed by atoms with Crippen LogP contribution in [0.1, 0.15) is 62.4 Å². The minimum atomic E-state index is -0.991. The monoisotopic (exact) mass is 1720 g/mol. The summed E-state index contributed by atoms with van der Waals surface area (Å²) in [7, 11) is 9.02. The number of anilines is 11. The first kappa shape index (κ1) is 95.4. The van der Waals surface area contributed by atoms with Gasteiger partial charge in [-0.1, -0.05) is 89.4 Å². The number of nitrogens with two attached hydrogens (primary N) is 1. The summed E-state index contributed by atoms with van der Waals surface area (Å²) >= 11 is 16.5. The molecule has 0 aliphatic rings. The summed E-state index contributed by atoms with van der Waals surface area (Å²) < 4.78 is 78.0. The number of nitro groups is 4. The number of halogens is 9. The summed E-state index contributed by atoms with van der Waals surface area (Å²) in [6.45, 7) is 15.0. The molecule has 0 atom stereocenters. The zero-order chi connectivity index (χ0) is 88.3. The maximum absolute atomic E-state index is 13.4. The molecule has 11 rings (SSSR count). The molecule has 0 radical (unpaired) electrons. The fourth-order valence-electron chi connectivity index (χ4n) is 10.1. The fourth-order valence-corrected chi connectivity index (χ4v) is 10.6. The number of carbonyl (C=O) groups excluding carboxylic acids is 1. The SMILES string of the molecule is CCN(C)c1nc(Cl)ccc1[N+](=O)[O-].CCN(C)c1nc(NCc2ccc(F)cc2)ccc1N.CCN(C)c1nc(NCc2ccc(F)cc2)ccc1NC(=O)Cc1ccc(F)c(F)c1.CCN(C)c1nc(NCc2ccc(F)cc2)ccc1[N+](=O)[O-].CCN(C)c1nc(NCc2ccc(F)cc2)ccc1[N+](=O)[O-].O=[N+]([O-])c1ccc(Cl)nc1Cl. The van der Waals surface area contributed by atoms with E-state index in [1.165, 1.54) is 91.0 Å². The summed E-state index contributed by atoms with van der Waals surface area (Å²) in [6, 6.07) is 46.6. The van der Waals surface area contributed by atoms with E-state index in [1.54, 1.807) is 109 Å². The van der Waals surface area contributed by atoms with Crippen LogP contribution in [0, 0.1) is 75.4 Å². The molecular formula is C81H88Cl3F6N21O9. The van der Waals surface area contributed by atoms with E-state index in [4.69, 9.17) is 40.5 Å². The molecule has 1 amide bonds. The standard InChI is InChI=1S/C23H23F3N4O.2C15H17FN4O2.C15H19FN4.C8H10ClN3O2.C5H2Cl2N2O2/c1-3-30(2)23-20(28-22(31)13-16-6-9-18(25)19(26)12-16)10-11-21(29-23)27-14-15-4-7-17(24)8-5-15;2*1-3-19(2)15-13(20(21)22)8-9-14(18-15)17-10-11-4-6-12(16)7-5-11;1-3-20(2)15-13(17)8-9-14(19-15)18-10-11-4-6-12(16)7-5-11;1-3-11(2)8-6(12(13)14)4-5-7(9)10-8;6-4-2-1-3(9(10)11)5(7)8-4/h4-12H,3,13-14H2,1-2H3,(H,27,29)(H,28,31);2*4-9H,3,10H2,1-2H3,(H,17,18);4-9H,3,10,17H2,1-2H3,(H,18,19);4-5H,3H2,1-2H3;1-2H. The highest BCUT2D eigenvalue weighted by molar-refractivity contribution is 6.33. The molecule has 0 fully saturated rings. The van der Waals surface area contributed by atoms with Crippen LogP contribution in [0.5, 0.6) is 0 Å². The van der Waals surface area contributed by atoms with Crippen LogP contribution in [-0.2, 0) is 37.4 Å². The van der Waals surface area contributed by atoms with Gasteiger partial charge < -0.3 is 56.8 Å². The topological polar surface area (TPSA) is 369 Å². The molecular weight excluding hydrogens is 1630 g/mol. The van der Waals surface area contributed by atoms with Gasteiger partial charge in [0.05, 0.1) is 37.5 Å². The Morgan fingerprint density at radius 3 is 1.00 bits per heavy atom. The van der Waals surface area contributed by atoms with Crippen molar-refractivity contribution in [3.8, 4) is 0 Å². The van der Waals surface area contributed by atoms with Crippen molar-refractivity contribution in [3.63, 3.8) is 0 Å². The number of nitrogens with one attached hydrogen (secondary N) is 5. The smallest absolute Gasteiger partial charge is 0.311 e. The summed E-state index contributed by atoms with van der Waals surface area (Å²) in [6.07, 6.45) is -0.100. The second kappa shape index (κ2) is 47.7. The number of hydrogen-bond acceptors (Lipinski definition) is 25. The van der Waals surface area contributed by atoms with Gasteiger partial charge >= 0.3 is 22.7 Å². The third-order valence-electron chi connectivity index (χ3n) is 17.2. The molecule has 39 heteroatoms. The Morgan fingerprint density at radius 1 is 0.358 bits per heavy atom. The zero-order valence-corrected chi connectivity index (χ0v) is 69.1. The van der Waals surface area contributed by atoms with E-state index in [-0.39, 0.29) is 73.8 Å². The van der Waals surface area contributed by atoms with Crippen LogP contribution >= 0.6 is 34.8 Å². The van der Waals surface area contributed by atoms with Crippen molar-refractivity contribution in [2.45, 2.75) is 67.2 Å². The lowest BCUT2D eigenvalue weighted by molar-refractivity contribution is -0.385. The number of carbonyl (C=O) groups is 1.